The third-order valence-electron chi connectivity index (χ3n) is 1.62. The first-order valence-electron chi connectivity index (χ1n) is 3.57. The van der Waals surface area contributed by atoms with Gasteiger partial charge < -0.3 is 15.4 Å². The van der Waals surface area contributed by atoms with Crippen LogP contribution in [0.5, 0.6) is 5.75 Å². The Hall–Kier alpha value is -1.73. The molecule has 0 aliphatic heterocycles. The van der Waals surface area contributed by atoms with Gasteiger partial charge in [0.2, 0.25) is 5.82 Å². The van der Waals surface area contributed by atoms with Crippen molar-refractivity contribution in [2.24, 2.45) is 0 Å². The number of nitrogens with zero attached hydrogens (tertiary/aromatic N) is 1. The monoisotopic (exact) mass is 202 g/mol. The molecule has 0 amide bonds. The van der Waals surface area contributed by atoms with E-state index in [1.807, 2.05) is 0 Å². The van der Waals surface area contributed by atoms with Crippen molar-refractivity contribution < 1.29 is 19.5 Å². The van der Waals surface area contributed by atoms with E-state index in [0.29, 0.717) is 5.48 Å². The molecule has 1 aromatic rings. The highest BCUT2D eigenvalue weighted by Gasteiger charge is 2.19. The van der Waals surface area contributed by atoms with Gasteiger partial charge in [-0.15, -0.1) is 0 Å². The van der Waals surface area contributed by atoms with Crippen molar-refractivity contribution in [3.05, 3.63) is 33.3 Å². The lowest BCUT2D eigenvalue weighted by Crippen LogP contribution is -2.70. The molecule has 0 spiro atoms. The molecule has 0 bridgehead atoms. The Balaban J connectivity index is 3.30. The standard InChI is InChI=1S/C7H7FN2O4/c1-14-7-2-4(8)6(10(12)13)3-5(7)9-11/h2-3H,9H2,1H3. The van der Waals surface area contributed by atoms with E-state index in [9.17, 15) is 19.7 Å². The van der Waals surface area contributed by atoms with Gasteiger partial charge in [-0.1, -0.05) is 0 Å². The SMILES string of the molecule is COc1cc(F)c([N+](=O)[O-])cc1[NH2+][O-]. The van der Waals surface area contributed by atoms with E-state index < -0.39 is 16.4 Å². The van der Waals surface area contributed by atoms with Gasteiger partial charge >= 0.3 is 5.69 Å². The fourth-order valence-electron chi connectivity index (χ4n) is 0.969. The molecule has 0 radical (unpaired) electrons. The average Bonchev–Trinajstić information content (AvgIpc) is 2.16. The first-order chi connectivity index (χ1) is 6.60. The predicted octanol–water partition coefficient (Wildman–Crippen LogP) is 0.435. The lowest BCUT2D eigenvalue weighted by molar-refractivity contribution is -0.498. The van der Waals surface area contributed by atoms with Crippen LogP contribution in [0.2, 0.25) is 0 Å². The number of methoxy groups -OCH3 is 1. The van der Waals surface area contributed by atoms with Crippen LogP contribution in [0, 0.1) is 21.1 Å². The van der Waals surface area contributed by atoms with Crippen LogP contribution >= 0.6 is 0 Å². The summed E-state index contributed by atoms with van der Waals surface area (Å²) in [5.41, 5.74) is -0.431. The first kappa shape index (κ1) is 10.4. The van der Waals surface area contributed by atoms with Gasteiger partial charge in [0.25, 0.3) is 0 Å². The van der Waals surface area contributed by atoms with Gasteiger partial charge in [-0.2, -0.15) is 4.39 Å². The third-order valence-corrected chi connectivity index (χ3v) is 1.62. The summed E-state index contributed by atoms with van der Waals surface area (Å²) in [7, 11) is 1.24. The van der Waals surface area contributed by atoms with Crippen LogP contribution < -0.4 is 10.2 Å². The molecule has 0 aliphatic carbocycles. The summed E-state index contributed by atoms with van der Waals surface area (Å²) in [6, 6.07) is 1.64. The molecule has 1 rings (SSSR count). The fraction of sp³-hybridized carbons (Fsp3) is 0.143. The van der Waals surface area contributed by atoms with Crippen LogP contribution in [0.1, 0.15) is 0 Å². The minimum Gasteiger partial charge on any atom is -0.630 e. The van der Waals surface area contributed by atoms with Crippen molar-refractivity contribution in [2.45, 2.75) is 0 Å². The van der Waals surface area contributed by atoms with Gasteiger partial charge in [0.15, 0.2) is 11.4 Å². The zero-order valence-electron chi connectivity index (χ0n) is 7.19. The largest absolute Gasteiger partial charge is 0.630 e. The summed E-state index contributed by atoms with van der Waals surface area (Å²) in [5, 5.41) is 20.7. The molecule has 0 fully saturated rings. The summed E-state index contributed by atoms with van der Waals surface area (Å²) < 4.78 is 17.6. The normalized spacial score (nSPS) is 9.93. The predicted molar refractivity (Wildman–Crippen MR) is 44.6 cm³/mol. The second kappa shape index (κ2) is 3.99. The highest BCUT2D eigenvalue weighted by Crippen LogP contribution is 2.28. The van der Waals surface area contributed by atoms with Crippen LogP contribution in [-0.4, -0.2) is 12.0 Å². The number of hydrogen-bond acceptors (Lipinski definition) is 4. The molecule has 6 nitrogen and oxygen atoms in total. The Bertz CT molecular complexity index is 369. The maximum absolute atomic E-state index is 13.0. The highest BCUT2D eigenvalue weighted by molar-refractivity contribution is 5.53. The fourth-order valence-corrected chi connectivity index (χ4v) is 0.969. The van der Waals surface area contributed by atoms with E-state index in [4.69, 9.17) is 0 Å². The van der Waals surface area contributed by atoms with Gasteiger partial charge in [-0.05, 0) is 0 Å². The summed E-state index contributed by atoms with van der Waals surface area (Å²) in [4.78, 5) is 9.40. The van der Waals surface area contributed by atoms with Crippen LogP contribution in [0.15, 0.2) is 12.1 Å². The van der Waals surface area contributed by atoms with E-state index in [1.165, 1.54) is 7.11 Å². The summed E-state index contributed by atoms with van der Waals surface area (Å²) >= 11 is 0. The maximum Gasteiger partial charge on any atom is 0.311 e. The topological polar surface area (TPSA) is 92.0 Å². The zero-order valence-corrected chi connectivity index (χ0v) is 7.19. The van der Waals surface area contributed by atoms with Gasteiger partial charge in [-0.25, -0.2) is 0 Å². The number of nitro benzene ring substituents is 1. The lowest BCUT2D eigenvalue weighted by atomic mass is 10.2. The molecule has 1 aromatic carbocycles. The van der Waals surface area contributed by atoms with Gasteiger partial charge in [-0.3, -0.25) is 10.1 Å². The number of nitrogens with two attached hydrogens (primary N) is 1. The molecule has 0 saturated heterocycles. The van der Waals surface area contributed by atoms with Gasteiger partial charge in [0.1, 0.15) is 0 Å². The Morgan fingerprint density at radius 1 is 1.57 bits per heavy atom. The van der Waals surface area contributed by atoms with Crippen molar-refractivity contribution in [3.8, 4) is 5.75 Å². The molecule has 0 unspecified atom stereocenters. The zero-order chi connectivity index (χ0) is 10.7. The number of ether oxygens (including phenoxy) is 1. The van der Waals surface area contributed by atoms with E-state index in [0.717, 1.165) is 12.1 Å². The van der Waals surface area contributed by atoms with Crippen molar-refractivity contribution in [1.29, 1.82) is 0 Å². The van der Waals surface area contributed by atoms with Gasteiger partial charge in [0.05, 0.1) is 18.1 Å². The van der Waals surface area contributed by atoms with Crippen LogP contribution in [0.3, 0.4) is 0 Å². The highest BCUT2D eigenvalue weighted by atomic mass is 19.1. The molecule has 0 aromatic heterocycles. The summed E-state index contributed by atoms with van der Waals surface area (Å²) in [6.07, 6.45) is 0. The van der Waals surface area contributed by atoms with Crippen molar-refractivity contribution in [3.63, 3.8) is 0 Å². The van der Waals surface area contributed by atoms with E-state index in [-0.39, 0.29) is 11.4 Å². The number of hydrogen-bond donors (Lipinski definition) is 1. The van der Waals surface area contributed by atoms with E-state index in [2.05, 4.69) is 4.74 Å². The number of rotatable bonds is 3. The molecular weight excluding hydrogens is 195 g/mol. The maximum atomic E-state index is 13.0. The molecule has 0 atom stereocenters. The Morgan fingerprint density at radius 2 is 2.21 bits per heavy atom. The van der Waals surface area contributed by atoms with Crippen LogP contribution in [0.4, 0.5) is 15.8 Å². The Morgan fingerprint density at radius 3 is 2.64 bits per heavy atom. The van der Waals surface area contributed by atoms with E-state index >= 15 is 0 Å². The number of quaternary nitrogens is 1. The van der Waals surface area contributed by atoms with Gasteiger partial charge in [0, 0.05) is 6.07 Å². The number of halogens is 1. The second-order valence-corrected chi connectivity index (χ2v) is 2.42. The molecule has 76 valence electrons. The quantitative estimate of drug-likeness (QED) is 0.437. The van der Waals surface area contributed by atoms with Crippen molar-refractivity contribution in [2.75, 3.05) is 7.11 Å². The molecule has 2 N–H and O–H groups in total. The lowest BCUT2D eigenvalue weighted by Gasteiger charge is -2.07. The second-order valence-electron chi connectivity index (χ2n) is 2.42. The van der Waals surface area contributed by atoms with Crippen LogP contribution in [0.25, 0.3) is 0 Å². The minimum absolute atomic E-state index is 0.0249. The van der Waals surface area contributed by atoms with Crippen molar-refractivity contribution in [1.82, 2.24) is 0 Å². The third kappa shape index (κ3) is 1.78. The molecule has 7 heteroatoms. The molecule has 14 heavy (non-hydrogen) atoms. The summed E-state index contributed by atoms with van der Waals surface area (Å²) in [5.74, 6) is -1.06. The Labute approximate surface area is 78.0 Å². The number of benzene rings is 1. The summed E-state index contributed by atoms with van der Waals surface area (Å²) in [6.45, 7) is 0. The number of nitro groups is 1. The van der Waals surface area contributed by atoms with E-state index in [1.54, 1.807) is 0 Å². The Kier molecular flexibility index (Phi) is 2.95. The molecule has 0 saturated carbocycles. The molecule has 0 heterocycles. The smallest absolute Gasteiger partial charge is 0.311 e. The first-order valence-corrected chi connectivity index (χ1v) is 3.57. The minimum atomic E-state index is -1.03. The average molecular weight is 202 g/mol. The van der Waals surface area contributed by atoms with Crippen LogP contribution in [-0.2, 0) is 0 Å². The molecular formula is C7H7FN2O4. The molecule has 0 aliphatic rings. The van der Waals surface area contributed by atoms with Crippen molar-refractivity contribution >= 4 is 11.4 Å².